The summed E-state index contributed by atoms with van der Waals surface area (Å²) in [7, 11) is -4.70. The lowest BCUT2D eigenvalue weighted by molar-refractivity contribution is 0.219. The molecule has 0 radical (unpaired) electrons. The summed E-state index contributed by atoms with van der Waals surface area (Å²) >= 11 is 25.2. The maximum Gasteiger partial charge on any atom is 0.331 e. The Morgan fingerprint density at radius 2 is 1.06 bits per heavy atom. The fraction of sp³-hybridized carbons (Fsp3) is 0.478. The highest BCUT2D eigenvalue weighted by Gasteiger charge is 2.29. The molecule has 2 unspecified atom stereocenters. The molecule has 0 fully saturated rings. The molecule has 0 amide bonds. The van der Waals surface area contributed by atoms with Gasteiger partial charge < -0.3 is 33.6 Å². The van der Waals surface area contributed by atoms with E-state index in [1.807, 2.05) is 49.5 Å². The summed E-state index contributed by atoms with van der Waals surface area (Å²) in [5.74, 6) is 0.110. The Hall–Kier alpha value is -1.99. The predicted molar refractivity (Wildman–Crippen MR) is 290 cm³/mol. The third-order valence-corrected chi connectivity index (χ3v) is 18.4. The van der Waals surface area contributed by atoms with Gasteiger partial charge in [-0.1, -0.05) is 78.1 Å². The molecule has 392 valence electrons. The van der Waals surface area contributed by atoms with Crippen molar-refractivity contribution < 1.29 is 44.1 Å². The number of nitrogens with one attached hydrogen (secondary N) is 2. The summed E-state index contributed by atoms with van der Waals surface area (Å²) in [6.45, 7) is 11.0. The molecule has 70 heavy (non-hydrogen) atoms. The maximum atomic E-state index is 12.5. The Morgan fingerprint density at radius 1 is 0.657 bits per heavy atom. The Kier molecular flexibility index (Phi) is 25.5. The molecular weight excluding hydrogens is 1090 g/mol. The van der Waals surface area contributed by atoms with Crippen molar-refractivity contribution in [2.24, 2.45) is 0 Å². The number of fused-ring (bicyclic) bond motifs is 2. The SMILES string of the molecule is C.CCOP(=O)(CCCS(=O)(=O)Cl)OCC.CCOP(=O)(CCNS(=O)(=O)Nc1ccc(C2CN(C)Cc3c(Cl)cc(Cl)cc32)cc1)OCC.CN1Cc2c(Cl)cc(Cl)cc2C(c2ccc(N)cc2)C1. The molecule has 0 aromatic heterocycles. The van der Waals surface area contributed by atoms with Crippen LogP contribution in [0.4, 0.5) is 11.4 Å². The largest absolute Gasteiger partial charge is 0.399 e. The Bertz CT molecular complexity index is 2620. The summed E-state index contributed by atoms with van der Waals surface area (Å²) in [5.41, 5.74) is 13.8. The first kappa shape index (κ1) is 62.3. The van der Waals surface area contributed by atoms with E-state index >= 15 is 0 Å². The van der Waals surface area contributed by atoms with Gasteiger partial charge >= 0.3 is 15.2 Å². The van der Waals surface area contributed by atoms with Gasteiger partial charge in [-0.2, -0.15) is 13.1 Å². The number of halogens is 5. The van der Waals surface area contributed by atoms with Crippen molar-refractivity contribution >= 4 is 103 Å². The third kappa shape index (κ3) is 19.7. The molecule has 0 saturated heterocycles. The molecule has 6 rings (SSSR count). The molecule has 15 nitrogen and oxygen atoms in total. The van der Waals surface area contributed by atoms with Gasteiger partial charge in [0, 0.05) is 86.7 Å². The van der Waals surface area contributed by atoms with E-state index in [-0.39, 0.29) is 76.7 Å². The molecule has 2 aliphatic heterocycles. The van der Waals surface area contributed by atoms with E-state index in [0.717, 1.165) is 53.6 Å². The monoisotopic (exact) mass is 1150 g/mol. The van der Waals surface area contributed by atoms with Crippen molar-refractivity contribution in [2.45, 2.75) is 66.5 Å². The zero-order valence-electron chi connectivity index (χ0n) is 39.4. The fourth-order valence-corrected chi connectivity index (χ4v) is 14.2. The standard InChI is InChI=1S/C22H30Cl2N3O5PS.C16H16Cl2N2.C7H16ClO5PS.CH4/c1-4-31-33(28,32-5-2)11-10-25-34(29,30)26-18-8-6-16(7-9-18)20-14-27(3)15-21-19(20)12-17(23)13-22(21)24;1-20-8-14(10-2-4-12(19)5-3-10)13-6-11(17)7-16(18)15(13)9-20;1-3-12-14(9,13-4-2)6-5-7-15(8,10)11;/h6-9,12-13,20,25-26H,4-5,10-11,14-15H2,1-3H3;2-7,14H,8-9,19H2,1H3;3-7H2,1-2H3;1H4. The highest BCUT2D eigenvalue weighted by atomic mass is 35.7. The fourth-order valence-electron chi connectivity index (χ4n) is 7.83. The van der Waals surface area contributed by atoms with Gasteiger partial charge in [0.15, 0.2) is 0 Å². The van der Waals surface area contributed by atoms with Gasteiger partial charge in [0.05, 0.1) is 44.5 Å². The van der Waals surface area contributed by atoms with Crippen LogP contribution < -0.4 is 15.2 Å². The Labute approximate surface area is 440 Å². The van der Waals surface area contributed by atoms with Crippen LogP contribution in [-0.2, 0) is 59.6 Å². The van der Waals surface area contributed by atoms with Gasteiger partial charge in [-0.15, -0.1) is 0 Å². The molecule has 24 heteroatoms. The average molecular weight is 1150 g/mol. The quantitative estimate of drug-likeness (QED) is 0.0430. The third-order valence-electron chi connectivity index (χ3n) is 10.7. The molecule has 0 bridgehead atoms. The minimum atomic E-state index is -3.87. The van der Waals surface area contributed by atoms with Gasteiger partial charge in [0.2, 0.25) is 9.05 Å². The van der Waals surface area contributed by atoms with Crippen LogP contribution in [0.25, 0.3) is 0 Å². The molecule has 4 aromatic rings. The summed E-state index contributed by atoms with van der Waals surface area (Å²) in [4.78, 5) is 4.47. The molecular formula is C46H66Cl5N5O10P2S2. The number of nitrogen functional groups attached to an aromatic ring is 1. The van der Waals surface area contributed by atoms with Crippen molar-refractivity contribution in [2.75, 3.05) is 88.7 Å². The zero-order valence-corrected chi connectivity index (χ0v) is 46.6. The van der Waals surface area contributed by atoms with Crippen LogP contribution in [0, 0.1) is 0 Å². The maximum absolute atomic E-state index is 12.5. The average Bonchev–Trinajstić information content (AvgIpc) is 3.24. The van der Waals surface area contributed by atoms with Crippen LogP contribution in [0.1, 0.15) is 86.8 Å². The molecule has 4 aromatic carbocycles. The number of hydrogen-bond donors (Lipinski definition) is 3. The van der Waals surface area contributed by atoms with Crippen LogP contribution in [0.15, 0.2) is 72.8 Å². The number of rotatable bonds is 20. The number of hydrogen-bond acceptors (Lipinski definition) is 13. The first-order chi connectivity index (χ1) is 32.4. The van der Waals surface area contributed by atoms with E-state index in [1.54, 1.807) is 45.9 Å². The van der Waals surface area contributed by atoms with Crippen LogP contribution in [0.3, 0.4) is 0 Å². The molecule has 2 atom stereocenters. The minimum absolute atomic E-state index is 0. The number of likely N-dealkylation sites (N-methyl/N-ethyl adjacent to an activating group) is 2. The molecule has 0 aliphatic carbocycles. The number of benzene rings is 4. The van der Waals surface area contributed by atoms with Gasteiger partial charge in [0.1, 0.15) is 0 Å². The highest BCUT2D eigenvalue weighted by molar-refractivity contribution is 8.13. The van der Waals surface area contributed by atoms with Crippen molar-refractivity contribution in [3.8, 4) is 0 Å². The van der Waals surface area contributed by atoms with E-state index in [1.165, 1.54) is 16.7 Å². The summed E-state index contributed by atoms with van der Waals surface area (Å²) in [6.07, 6.45) is 0.179. The Balaban J connectivity index is 0.000000305. The van der Waals surface area contributed by atoms with E-state index in [4.69, 9.17) is 80.9 Å². The molecule has 0 spiro atoms. The molecule has 4 N–H and O–H groups in total. The lowest BCUT2D eigenvalue weighted by atomic mass is 9.85. The van der Waals surface area contributed by atoms with Crippen molar-refractivity contribution in [1.29, 1.82) is 0 Å². The van der Waals surface area contributed by atoms with Gasteiger partial charge in [0.25, 0.3) is 10.2 Å². The smallest absolute Gasteiger partial charge is 0.331 e. The molecule has 2 heterocycles. The van der Waals surface area contributed by atoms with E-state index in [2.05, 4.69) is 38.4 Å². The number of nitrogens with zero attached hydrogens (tertiary/aromatic N) is 2. The van der Waals surface area contributed by atoms with Crippen LogP contribution in [0.2, 0.25) is 20.1 Å². The minimum Gasteiger partial charge on any atom is -0.399 e. The first-order valence-electron chi connectivity index (χ1n) is 22.2. The topological polar surface area (TPSA) is 196 Å². The molecule has 2 aliphatic rings. The van der Waals surface area contributed by atoms with Gasteiger partial charge in [-0.25, -0.2) is 8.42 Å². The second kappa shape index (κ2) is 28.6. The lowest BCUT2D eigenvalue weighted by Crippen LogP contribution is -2.32. The zero-order chi connectivity index (χ0) is 51.2. The second-order valence-electron chi connectivity index (χ2n) is 16.1. The number of nitrogens with two attached hydrogens (primary N) is 1. The van der Waals surface area contributed by atoms with Crippen molar-refractivity contribution in [3.63, 3.8) is 0 Å². The number of anilines is 2. The normalized spacial score (nSPS) is 16.4. The highest BCUT2D eigenvalue weighted by Crippen LogP contribution is 2.49. The summed E-state index contributed by atoms with van der Waals surface area (Å²) < 4.78 is 95.6. The lowest BCUT2D eigenvalue weighted by Gasteiger charge is -2.33. The van der Waals surface area contributed by atoms with Gasteiger partial charge in [-0.3, -0.25) is 13.9 Å². The van der Waals surface area contributed by atoms with Crippen molar-refractivity contribution in [1.82, 2.24) is 14.5 Å². The van der Waals surface area contributed by atoms with Crippen LogP contribution in [-0.4, -0.2) is 105 Å². The first-order valence-corrected chi connectivity index (χ1v) is 31.1. The van der Waals surface area contributed by atoms with E-state index in [0.29, 0.717) is 20.8 Å². The van der Waals surface area contributed by atoms with Gasteiger partial charge in [-0.05, 0) is 130 Å². The summed E-state index contributed by atoms with van der Waals surface area (Å²) in [5, 5.41) is 2.68. The van der Waals surface area contributed by atoms with E-state index in [9.17, 15) is 26.0 Å². The Morgan fingerprint density at radius 3 is 1.46 bits per heavy atom. The summed E-state index contributed by atoms with van der Waals surface area (Å²) in [6, 6.07) is 22.8. The van der Waals surface area contributed by atoms with Crippen molar-refractivity contribution in [3.05, 3.63) is 126 Å². The second-order valence-corrected chi connectivity index (χ2v) is 26.6. The van der Waals surface area contributed by atoms with Crippen LogP contribution >= 0.6 is 72.3 Å². The molecule has 0 saturated carbocycles. The predicted octanol–water partition coefficient (Wildman–Crippen LogP) is 12.1. The van der Waals surface area contributed by atoms with Crippen LogP contribution in [0.5, 0.6) is 0 Å². The van der Waals surface area contributed by atoms with E-state index < -0.39 is 34.5 Å².